The summed E-state index contributed by atoms with van der Waals surface area (Å²) in [6, 6.07) is 2.28. The number of hydrazine groups is 1. The molecule has 0 bridgehead atoms. The summed E-state index contributed by atoms with van der Waals surface area (Å²) < 4.78 is 5.25. The van der Waals surface area contributed by atoms with Crippen molar-refractivity contribution in [2.24, 2.45) is 10.8 Å². The third-order valence-corrected chi connectivity index (χ3v) is 3.16. The van der Waals surface area contributed by atoms with Crippen LogP contribution in [-0.2, 0) is 4.74 Å². The molecule has 0 aliphatic rings. The van der Waals surface area contributed by atoms with Crippen LogP contribution in [0.4, 0.5) is 0 Å². The van der Waals surface area contributed by atoms with Crippen LogP contribution >= 0.6 is 11.3 Å². The number of hydrogen-bond donors (Lipinski definition) is 3. The van der Waals surface area contributed by atoms with Crippen molar-refractivity contribution in [1.29, 1.82) is 0 Å². The molecule has 1 atom stereocenters. The number of nitrogens with two attached hydrogens (primary N) is 1. The molecule has 0 saturated carbocycles. The van der Waals surface area contributed by atoms with Gasteiger partial charge in [0.15, 0.2) is 0 Å². The van der Waals surface area contributed by atoms with Crippen molar-refractivity contribution in [2.45, 2.75) is 26.3 Å². The largest absolute Gasteiger partial charge is 0.382 e. The van der Waals surface area contributed by atoms with E-state index in [1.165, 1.54) is 5.56 Å². The van der Waals surface area contributed by atoms with E-state index in [4.69, 9.17) is 10.6 Å². The molecule has 1 rings (SSSR count). The number of thiophene rings is 1. The van der Waals surface area contributed by atoms with E-state index >= 15 is 0 Å². The number of rotatable bonds is 7. The van der Waals surface area contributed by atoms with E-state index in [2.05, 4.69) is 39.5 Å². The van der Waals surface area contributed by atoms with E-state index in [9.17, 15) is 0 Å². The summed E-state index contributed by atoms with van der Waals surface area (Å²) >= 11 is 1.68. The molecule has 0 fully saturated rings. The van der Waals surface area contributed by atoms with E-state index in [1.807, 2.05) is 6.92 Å². The lowest BCUT2D eigenvalue weighted by molar-refractivity contribution is 0.146. The highest BCUT2D eigenvalue weighted by Crippen LogP contribution is 2.15. The summed E-state index contributed by atoms with van der Waals surface area (Å²) in [5.74, 6) is 6.06. The zero-order valence-electron chi connectivity index (χ0n) is 11.0. The van der Waals surface area contributed by atoms with Crippen LogP contribution in [0.15, 0.2) is 21.8 Å². The van der Waals surface area contributed by atoms with Crippen LogP contribution in [0.5, 0.6) is 0 Å². The van der Waals surface area contributed by atoms with Crippen molar-refractivity contribution in [3.05, 3.63) is 22.4 Å². The van der Waals surface area contributed by atoms with Crippen LogP contribution in [0, 0.1) is 0 Å². The number of hydrogen-bond acceptors (Lipinski definition) is 4. The van der Waals surface area contributed by atoms with Gasteiger partial charge in [-0.05, 0) is 42.7 Å². The molecule has 0 aromatic carbocycles. The van der Waals surface area contributed by atoms with Gasteiger partial charge in [-0.25, -0.2) is 5.84 Å². The summed E-state index contributed by atoms with van der Waals surface area (Å²) in [5, 5.41) is 7.41. The first-order chi connectivity index (χ1) is 8.77. The van der Waals surface area contributed by atoms with Crippen LogP contribution in [0.1, 0.15) is 31.9 Å². The Labute approximate surface area is 112 Å². The van der Waals surface area contributed by atoms with E-state index in [0.29, 0.717) is 12.5 Å². The molecular weight excluding hydrogens is 248 g/mol. The fourth-order valence-electron chi connectivity index (χ4n) is 1.44. The number of guanidine groups is 1. The highest BCUT2D eigenvalue weighted by Gasteiger charge is 2.06. The average molecular weight is 270 g/mol. The molecule has 0 aliphatic heterocycles. The van der Waals surface area contributed by atoms with Crippen molar-refractivity contribution < 1.29 is 4.74 Å². The Hall–Kier alpha value is -1.11. The van der Waals surface area contributed by atoms with Crippen LogP contribution in [0.3, 0.4) is 0 Å². The van der Waals surface area contributed by atoms with Gasteiger partial charge in [-0.3, -0.25) is 10.4 Å². The predicted octanol–water partition coefficient (Wildman–Crippen LogP) is 1.64. The SMILES string of the molecule is CCOCCCN=C(NN)NC(C)c1ccsc1. The summed E-state index contributed by atoms with van der Waals surface area (Å²) in [5.41, 5.74) is 3.82. The molecule has 0 aliphatic carbocycles. The molecule has 1 aromatic heterocycles. The zero-order chi connectivity index (χ0) is 13.2. The molecule has 6 heteroatoms. The van der Waals surface area contributed by atoms with Crippen LogP contribution in [0.2, 0.25) is 0 Å². The van der Waals surface area contributed by atoms with Gasteiger partial charge < -0.3 is 10.1 Å². The smallest absolute Gasteiger partial charge is 0.206 e. The second-order valence-corrected chi connectivity index (χ2v) is 4.63. The highest BCUT2D eigenvalue weighted by molar-refractivity contribution is 7.07. The maximum Gasteiger partial charge on any atom is 0.206 e. The van der Waals surface area contributed by atoms with E-state index in [0.717, 1.165) is 19.6 Å². The van der Waals surface area contributed by atoms with Gasteiger partial charge in [0, 0.05) is 19.8 Å². The van der Waals surface area contributed by atoms with Gasteiger partial charge in [-0.2, -0.15) is 11.3 Å². The van der Waals surface area contributed by atoms with Crippen LogP contribution in [0.25, 0.3) is 0 Å². The molecule has 1 aromatic rings. The molecule has 0 amide bonds. The minimum absolute atomic E-state index is 0.193. The maximum absolute atomic E-state index is 5.44. The fraction of sp³-hybridized carbons (Fsp3) is 0.583. The standard InChI is InChI=1S/C12H22N4OS/c1-3-17-7-4-6-14-12(16-13)15-10(2)11-5-8-18-9-11/h5,8-10H,3-4,6-7,13H2,1-2H3,(H2,14,15,16). The lowest BCUT2D eigenvalue weighted by atomic mass is 10.2. The Kier molecular flexibility index (Phi) is 7.40. The van der Waals surface area contributed by atoms with E-state index in [-0.39, 0.29) is 6.04 Å². The molecule has 102 valence electrons. The average Bonchev–Trinajstić information content (AvgIpc) is 2.91. The molecule has 5 nitrogen and oxygen atoms in total. The van der Waals surface area contributed by atoms with Gasteiger partial charge in [-0.15, -0.1) is 0 Å². The molecular formula is C12H22N4OS. The first kappa shape index (κ1) is 14.9. The molecule has 0 saturated heterocycles. The normalized spacial score (nSPS) is 13.4. The molecule has 0 spiro atoms. The topological polar surface area (TPSA) is 71.7 Å². The Morgan fingerprint density at radius 1 is 1.61 bits per heavy atom. The Bertz CT molecular complexity index is 340. The van der Waals surface area contributed by atoms with Crippen molar-refractivity contribution in [3.63, 3.8) is 0 Å². The Balaban J connectivity index is 2.34. The minimum atomic E-state index is 0.193. The highest BCUT2D eigenvalue weighted by atomic mass is 32.1. The third kappa shape index (κ3) is 5.48. The lowest BCUT2D eigenvalue weighted by Crippen LogP contribution is -2.42. The lowest BCUT2D eigenvalue weighted by Gasteiger charge is -2.15. The van der Waals surface area contributed by atoms with Gasteiger partial charge in [-0.1, -0.05) is 0 Å². The quantitative estimate of drug-likeness (QED) is 0.232. The number of aliphatic imine (C=N–C) groups is 1. The Morgan fingerprint density at radius 2 is 2.44 bits per heavy atom. The number of nitrogens with zero attached hydrogens (tertiary/aromatic N) is 1. The molecule has 18 heavy (non-hydrogen) atoms. The van der Waals surface area contributed by atoms with Crippen LogP contribution in [-0.4, -0.2) is 25.7 Å². The van der Waals surface area contributed by atoms with Gasteiger partial charge in [0.2, 0.25) is 5.96 Å². The predicted molar refractivity (Wildman–Crippen MR) is 76.6 cm³/mol. The number of nitrogens with one attached hydrogen (secondary N) is 2. The third-order valence-electron chi connectivity index (χ3n) is 2.45. The van der Waals surface area contributed by atoms with E-state index in [1.54, 1.807) is 11.3 Å². The van der Waals surface area contributed by atoms with Gasteiger partial charge in [0.1, 0.15) is 0 Å². The second kappa shape index (κ2) is 8.91. The van der Waals surface area contributed by atoms with Crippen molar-refractivity contribution in [1.82, 2.24) is 10.7 Å². The van der Waals surface area contributed by atoms with Crippen molar-refractivity contribution in [2.75, 3.05) is 19.8 Å². The molecule has 4 N–H and O–H groups in total. The second-order valence-electron chi connectivity index (χ2n) is 3.85. The monoisotopic (exact) mass is 270 g/mol. The number of ether oxygens (including phenoxy) is 1. The first-order valence-electron chi connectivity index (χ1n) is 6.15. The van der Waals surface area contributed by atoms with E-state index < -0.39 is 0 Å². The van der Waals surface area contributed by atoms with Gasteiger partial charge >= 0.3 is 0 Å². The van der Waals surface area contributed by atoms with Crippen molar-refractivity contribution in [3.8, 4) is 0 Å². The van der Waals surface area contributed by atoms with Crippen molar-refractivity contribution >= 4 is 17.3 Å². The molecule has 1 heterocycles. The minimum Gasteiger partial charge on any atom is -0.382 e. The summed E-state index contributed by atoms with van der Waals surface area (Å²) in [7, 11) is 0. The molecule has 0 radical (unpaired) electrons. The summed E-state index contributed by atoms with van der Waals surface area (Å²) in [6.45, 7) is 6.25. The summed E-state index contributed by atoms with van der Waals surface area (Å²) in [4.78, 5) is 4.36. The zero-order valence-corrected chi connectivity index (χ0v) is 11.8. The van der Waals surface area contributed by atoms with Gasteiger partial charge in [0.05, 0.1) is 6.04 Å². The van der Waals surface area contributed by atoms with Gasteiger partial charge in [0.25, 0.3) is 0 Å². The fourth-order valence-corrected chi connectivity index (χ4v) is 2.20. The maximum atomic E-state index is 5.44. The Morgan fingerprint density at radius 3 is 3.06 bits per heavy atom. The molecule has 1 unspecified atom stereocenters. The van der Waals surface area contributed by atoms with Crippen LogP contribution < -0.4 is 16.6 Å². The summed E-state index contributed by atoms with van der Waals surface area (Å²) in [6.07, 6.45) is 0.896. The first-order valence-corrected chi connectivity index (χ1v) is 7.09.